The first-order valence-electron chi connectivity index (χ1n) is 12.2. The highest BCUT2D eigenvalue weighted by atomic mass is 32.2. The van der Waals surface area contributed by atoms with Crippen LogP contribution in [0.2, 0.25) is 0 Å². The maximum Gasteiger partial charge on any atom is 0.262 e. The fraction of sp³-hybridized carbons (Fsp3) is 0.600. The highest BCUT2D eigenvalue weighted by Gasteiger charge is 2.22. The Morgan fingerprint density at radius 3 is 2.58 bits per heavy atom. The van der Waals surface area contributed by atoms with Crippen molar-refractivity contribution in [2.45, 2.75) is 76.0 Å². The number of thioether (sulfide) groups is 1. The maximum atomic E-state index is 13.2. The number of nitrogens with zero attached hydrogens (tertiary/aromatic N) is 3. The van der Waals surface area contributed by atoms with Gasteiger partial charge in [-0.1, -0.05) is 50.1 Å². The second-order valence-electron chi connectivity index (χ2n) is 9.37. The zero-order chi connectivity index (χ0) is 23.2. The van der Waals surface area contributed by atoms with Crippen LogP contribution in [0.5, 0.6) is 0 Å². The minimum absolute atomic E-state index is 0.0311. The van der Waals surface area contributed by atoms with E-state index in [1.165, 1.54) is 18.2 Å². The van der Waals surface area contributed by atoms with Crippen molar-refractivity contribution in [2.75, 3.05) is 18.8 Å². The summed E-state index contributed by atoms with van der Waals surface area (Å²) >= 11 is 1.29. The molecule has 33 heavy (non-hydrogen) atoms. The lowest BCUT2D eigenvalue weighted by Crippen LogP contribution is -2.39. The van der Waals surface area contributed by atoms with Crippen LogP contribution in [-0.2, 0) is 16.1 Å². The molecule has 1 saturated heterocycles. The molecule has 0 unspecified atom stereocenters. The Kier molecular flexibility index (Phi) is 8.06. The fourth-order valence-corrected chi connectivity index (χ4v) is 5.62. The highest BCUT2D eigenvalue weighted by molar-refractivity contribution is 7.99. The molecule has 1 N–H and O–H groups in total. The van der Waals surface area contributed by atoms with Crippen molar-refractivity contribution in [3.05, 3.63) is 34.6 Å². The largest absolute Gasteiger partial charge is 0.353 e. The molecule has 2 heterocycles. The molecule has 0 atom stereocenters. The average Bonchev–Trinajstić information content (AvgIpc) is 2.83. The molecule has 0 spiro atoms. The van der Waals surface area contributed by atoms with Crippen LogP contribution in [0, 0.1) is 5.92 Å². The van der Waals surface area contributed by atoms with Crippen LogP contribution in [0.15, 0.2) is 34.2 Å². The lowest BCUT2D eigenvalue weighted by atomic mass is 9.95. The van der Waals surface area contributed by atoms with Crippen LogP contribution >= 0.6 is 11.8 Å². The summed E-state index contributed by atoms with van der Waals surface area (Å²) in [5, 5.41) is 4.16. The molecular weight excluding hydrogens is 436 g/mol. The van der Waals surface area contributed by atoms with Crippen LogP contribution < -0.4 is 10.9 Å². The van der Waals surface area contributed by atoms with Crippen LogP contribution in [0.4, 0.5) is 0 Å². The third kappa shape index (κ3) is 6.16. The van der Waals surface area contributed by atoms with Gasteiger partial charge in [-0.05, 0) is 43.7 Å². The summed E-state index contributed by atoms with van der Waals surface area (Å²) < 4.78 is 1.57. The number of aromatic nitrogens is 2. The number of likely N-dealkylation sites (tertiary alicyclic amines) is 1. The Balaban J connectivity index is 1.46. The standard InChI is InChI=1S/C25H34N4O3S/c1-18-11-14-28(15-12-18)23(31)17-33-25-27-21-10-6-5-9-20(21)24(32)29(25)16-13-22(30)26-19-7-3-2-4-8-19/h5-6,9-10,18-19H,2-4,7-8,11-17H2,1H3,(H,26,30). The Labute approximate surface area is 199 Å². The van der Waals surface area contributed by atoms with Crippen molar-refractivity contribution in [3.63, 3.8) is 0 Å². The number of benzene rings is 1. The number of carbonyl (C=O) groups excluding carboxylic acids is 2. The molecule has 0 bridgehead atoms. The van der Waals surface area contributed by atoms with Gasteiger partial charge in [-0.15, -0.1) is 0 Å². The van der Waals surface area contributed by atoms with Crippen LogP contribution in [0.1, 0.15) is 58.3 Å². The topological polar surface area (TPSA) is 84.3 Å². The first kappa shape index (κ1) is 23.8. The van der Waals surface area contributed by atoms with Gasteiger partial charge >= 0.3 is 0 Å². The maximum absolute atomic E-state index is 13.2. The van der Waals surface area contributed by atoms with Crippen molar-refractivity contribution in [1.82, 2.24) is 19.8 Å². The van der Waals surface area contributed by atoms with Crippen LogP contribution in [0.3, 0.4) is 0 Å². The highest BCUT2D eigenvalue weighted by Crippen LogP contribution is 2.22. The van der Waals surface area contributed by atoms with Crippen molar-refractivity contribution in [2.24, 2.45) is 5.92 Å². The van der Waals surface area contributed by atoms with Crippen molar-refractivity contribution in [3.8, 4) is 0 Å². The molecule has 1 aromatic heterocycles. The van der Waals surface area contributed by atoms with E-state index >= 15 is 0 Å². The van der Waals surface area contributed by atoms with Gasteiger partial charge in [0, 0.05) is 32.1 Å². The number of amides is 2. The predicted octanol–water partition coefficient (Wildman–Crippen LogP) is 3.59. The number of nitrogens with one attached hydrogen (secondary N) is 1. The first-order chi connectivity index (χ1) is 16.0. The summed E-state index contributed by atoms with van der Waals surface area (Å²) in [5.41, 5.74) is 0.458. The van der Waals surface area contributed by atoms with Gasteiger partial charge in [-0.3, -0.25) is 19.0 Å². The number of piperidine rings is 1. The molecule has 178 valence electrons. The van der Waals surface area contributed by atoms with E-state index in [0.29, 0.717) is 22.0 Å². The van der Waals surface area contributed by atoms with E-state index in [1.54, 1.807) is 10.6 Å². The Bertz CT molecular complexity index is 1040. The molecule has 2 aromatic rings. The quantitative estimate of drug-likeness (QED) is 0.494. The van der Waals surface area contributed by atoms with E-state index in [1.807, 2.05) is 23.1 Å². The molecule has 1 saturated carbocycles. The van der Waals surface area contributed by atoms with E-state index < -0.39 is 0 Å². The lowest BCUT2D eigenvalue weighted by molar-refractivity contribution is -0.129. The predicted molar refractivity (Wildman–Crippen MR) is 131 cm³/mol. The molecule has 2 aliphatic rings. The van der Waals surface area contributed by atoms with Gasteiger partial charge in [0.05, 0.1) is 16.7 Å². The Hall–Kier alpha value is -2.35. The SMILES string of the molecule is CC1CCN(C(=O)CSc2nc3ccccc3c(=O)n2CCC(=O)NC2CCCCC2)CC1. The van der Waals surface area contributed by atoms with Gasteiger partial charge < -0.3 is 10.2 Å². The smallest absolute Gasteiger partial charge is 0.262 e. The van der Waals surface area contributed by atoms with Gasteiger partial charge in [0.15, 0.2) is 5.16 Å². The molecule has 1 aliphatic carbocycles. The summed E-state index contributed by atoms with van der Waals surface area (Å²) in [4.78, 5) is 45.1. The van der Waals surface area contributed by atoms with E-state index in [4.69, 9.17) is 0 Å². The average molecular weight is 471 g/mol. The van der Waals surface area contributed by atoms with E-state index in [0.717, 1.165) is 51.6 Å². The van der Waals surface area contributed by atoms with Gasteiger partial charge in [0.25, 0.3) is 5.56 Å². The number of hydrogen-bond donors (Lipinski definition) is 1. The monoisotopic (exact) mass is 470 g/mol. The molecule has 4 rings (SSSR count). The van der Waals surface area contributed by atoms with Gasteiger partial charge in [-0.2, -0.15) is 0 Å². The van der Waals surface area contributed by atoms with Gasteiger partial charge in [-0.25, -0.2) is 4.98 Å². The zero-order valence-electron chi connectivity index (χ0n) is 19.4. The van der Waals surface area contributed by atoms with Crippen LogP contribution in [0.25, 0.3) is 10.9 Å². The summed E-state index contributed by atoms with van der Waals surface area (Å²) in [7, 11) is 0. The van der Waals surface area contributed by atoms with E-state index in [-0.39, 0.29) is 42.1 Å². The third-order valence-corrected chi connectivity index (χ3v) is 7.78. The van der Waals surface area contributed by atoms with Crippen molar-refractivity contribution >= 4 is 34.5 Å². The lowest BCUT2D eigenvalue weighted by Gasteiger charge is -2.30. The van der Waals surface area contributed by atoms with Crippen LogP contribution in [-0.4, -0.2) is 51.1 Å². The van der Waals surface area contributed by atoms with Gasteiger partial charge in [0.1, 0.15) is 0 Å². The third-order valence-electron chi connectivity index (χ3n) is 6.82. The number of fused-ring (bicyclic) bond motifs is 1. The fourth-order valence-electron chi connectivity index (χ4n) is 4.69. The molecule has 1 aliphatic heterocycles. The molecular formula is C25H34N4O3S. The molecule has 1 aromatic carbocycles. The molecule has 7 nitrogen and oxygen atoms in total. The minimum atomic E-state index is -0.159. The Morgan fingerprint density at radius 2 is 1.82 bits per heavy atom. The van der Waals surface area contributed by atoms with Crippen molar-refractivity contribution in [1.29, 1.82) is 0 Å². The Morgan fingerprint density at radius 1 is 1.09 bits per heavy atom. The molecule has 2 fully saturated rings. The second kappa shape index (κ2) is 11.2. The molecule has 8 heteroatoms. The van der Waals surface area contributed by atoms with Crippen molar-refractivity contribution < 1.29 is 9.59 Å². The summed E-state index contributed by atoms with van der Waals surface area (Å²) in [5.74, 6) is 0.953. The molecule has 2 amide bonds. The minimum Gasteiger partial charge on any atom is -0.353 e. The first-order valence-corrected chi connectivity index (χ1v) is 13.2. The summed E-state index contributed by atoms with van der Waals surface area (Å²) in [6.07, 6.45) is 7.90. The van der Waals surface area contributed by atoms with E-state index in [9.17, 15) is 14.4 Å². The molecule has 0 radical (unpaired) electrons. The van der Waals surface area contributed by atoms with Gasteiger partial charge in [0.2, 0.25) is 11.8 Å². The zero-order valence-corrected chi connectivity index (χ0v) is 20.2. The summed E-state index contributed by atoms with van der Waals surface area (Å²) in [6.45, 7) is 4.06. The number of rotatable bonds is 7. The van der Waals surface area contributed by atoms with E-state index in [2.05, 4.69) is 17.2 Å². The number of hydrogen-bond acceptors (Lipinski definition) is 5. The number of para-hydroxylation sites is 1. The number of carbonyl (C=O) groups is 2. The summed E-state index contributed by atoms with van der Waals surface area (Å²) in [6, 6.07) is 7.49. The second-order valence-corrected chi connectivity index (χ2v) is 10.3. The normalized spacial score (nSPS) is 17.9.